The van der Waals surface area contributed by atoms with E-state index in [0.29, 0.717) is 0 Å². The Balaban J connectivity index is 2.30. The maximum atomic E-state index is 4.37. The second-order valence-corrected chi connectivity index (χ2v) is 4.70. The molecule has 86 valence electrons. The molecule has 0 fully saturated rings. The fraction of sp³-hybridized carbons (Fsp3) is 0.500. The van der Waals surface area contributed by atoms with Crippen molar-refractivity contribution in [3.8, 4) is 0 Å². The van der Waals surface area contributed by atoms with Crippen LogP contribution in [0.4, 0.5) is 5.82 Å². The minimum Gasteiger partial charge on any atom is -0.363 e. The molecule has 16 heavy (non-hydrogen) atoms. The van der Waals surface area contributed by atoms with Gasteiger partial charge in [0.05, 0.1) is 6.20 Å². The lowest BCUT2D eigenvalue weighted by Gasteiger charge is -2.26. The first-order valence-electron chi connectivity index (χ1n) is 5.69. The van der Waals surface area contributed by atoms with Crippen LogP contribution in [0.15, 0.2) is 24.7 Å². The van der Waals surface area contributed by atoms with E-state index in [1.807, 2.05) is 16.8 Å². The zero-order valence-electron chi connectivity index (χ0n) is 10.1. The lowest BCUT2D eigenvalue weighted by Crippen LogP contribution is -2.31. The van der Waals surface area contributed by atoms with Gasteiger partial charge in [-0.05, 0) is 26.3 Å². The van der Waals surface area contributed by atoms with Crippen molar-refractivity contribution in [3.63, 3.8) is 0 Å². The third-order valence-corrected chi connectivity index (χ3v) is 2.66. The van der Waals surface area contributed by atoms with Gasteiger partial charge < -0.3 is 5.32 Å². The van der Waals surface area contributed by atoms with Crippen LogP contribution in [-0.2, 0) is 0 Å². The first kappa shape index (κ1) is 10.9. The van der Waals surface area contributed by atoms with Crippen LogP contribution in [-0.4, -0.2) is 20.1 Å². The molecule has 1 N–H and O–H groups in total. The topological polar surface area (TPSA) is 42.2 Å². The highest BCUT2D eigenvalue weighted by Crippen LogP contribution is 2.21. The van der Waals surface area contributed by atoms with E-state index in [4.69, 9.17) is 0 Å². The number of anilines is 1. The van der Waals surface area contributed by atoms with E-state index in [2.05, 4.69) is 36.2 Å². The second-order valence-electron chi connectivity index (χ2n) is 4.70. The zero-order chi connectivity index (χ0) is 11.6. The van der Waals surface area contributed by atoms with Gasteiger partial charge in [0.2, 0.25) is 0 Å². The first-order valence-corrected chi connectivity index (χ1v) is 5.69. The average molecular weight is 218 g/mol. The van der Waals surface area contributed by atoms with Crippen molar-refractivity contribution in [1.29, 1.82) is 0 Å². The molecule has 0 saturated carbocycles. The Hall–Kier alpha value is -1.58. The van der Waals surface area contributed by atoms with E-state index in [-0.39, 0.29) is 5.54 Å². The second kappa shape index (κ2) is 4.12. The van der Waals surface area contributed by atoms with E-state index < -0.39 is 0 Å². The Labute approximate surface area is 95.7 Å². The van der Waals surface area contributed by atoms with Gasteiger partial charge in [0.25, 0.3) is 0 Å². The lowest BCUT2D eigenvalue weighted by molar-refractivity contribution is 0.509. The maximum absolute atomic E-state index is 4.37. The van der Waals surface area contributed by atoms with Gasteiger partial charge in [0.15, 0.2) is 5.82 Å². The highest BCUT2D eigenvalue weighted by Gasteiger charge is 2.17. The van der Waals surface area contributed by atoms with Crippen molar-refractivity contribution >= 4 is 11.3 Å². The van der Waals surface area contributed by atoms with Crippen LogP contribution in [0.2, 0.25) is 0 Å². The molecule has 4 heteroatoms. The molecule has 0 spiro atoms. The molecule has 0 unspecified atom stereocenters. The zero-order valence-corrected chi connectivity index (χ0v) is 10.1. The van der Waals surface area contributed by atoms with Gasteiger partial charge in [-0.25, -0.2) is 9.50 Å². The minimum atomic E-state index is 0.0634. The van der Waals surface area contributed by atoms with Gasteiger partial charge in [0.1, 0.15) is 5.52 Å². The van der Waals surface area contributed by atoms with Crippen molar-refractivity contribution in [1.82, 2.24) is 14.6 Å². The molecule has 2 heterocycles. The van der Waals surface area contributed by atoms with Gasteiger partial charge in [0, 0.05) is 17.9 Å². The molecule has 0 saturated heterocycles. The third kappa shape index (κ3) is 2.15. The molecule has 2 aromatic heterocycles. The summed E-state index contributed by atoms with van der Waals surface area (Å²) in [6, 6.07) is 1.97. The summed E-state index contributed by atoms with van der Waals surface area (Å²) in [4.78, 5) is 4.37. The maximum Gasteiger partial charge on any atom is 0.152 e. The van der Waals surface area contributed by atoms with Crippen molar-refractivity contribution in [2.24, 2.45) is 0 Å². The van der Waals surface area contributed by atoms with Crippen LogP contribution >= 0.6 is 0 Å². The average Bonchev–Trinajstić information content (AvgIpc) is 2.65. The predicted molar refractivity (Wildman–Crippen MR) is 65.6 cm³/mol. The lowest BCUT2D eigenvalue weighted by atomic mass is 9.99. The Kier molecular flexibility index (Phi) is 2.81. The molecule has 4 nitrogen and oxygen atoms in total. The molecule has 0 aromatic carbocycles. The largest absolute Gasteiger partial charge is 0.363 e. The molecule has 0 aliphatic heterocycles. The van der Waals surface area contributed by atoms with E-state index in [1.165, 1.54) is 0 Å². The van der Waals surface area contributed by atoms with E-state index in [0.717, 1.165) is 24.2 Å². The Morgan fingerprint density at radius 3 is 2.94 bits per heavy atom. The number of aromatic nitrogens is 3. The number of rotatable bonds is 4. The van der Waals surface area contributed by atoms with Crippen LogP contribution in [0.1, 0.15) is 33.6 Å². The summed E-state index contributed by atoms with van der Waals surface area (Å²) in [6.07, 6.45) is 7.68. The Morgan fingerprint density at radius 2 is 2.19 bits per heavy atom. The van der Waals surface area contributed by atoms with Crippen molar-refractivity contribution in [2.45, 2.75) is 39.2 Å². The van der Waals surface area contributed by atoms with Crippen molar-refractivity contribution in [2.75, 3.05) is 5.32 Å². The summed E-state index contributed by atoms with van der Waals surface area (Å²) in [5.41, 5.74) is 1.08. The highest BCUT2D eigenvalue weighted by molar-refractivity contribution is 5.67. The van der Waals surface area contributed by atoms with E-state index in [9.17, 15) is 0 Å². The molecular weight excluding hydrogens is 200 g/mol. The van der Waals surface area contributed by atoms with Gasteiger partial charge >= 0.3 is 0 Å². The van der Waals surface area contributed by atoms with E-state index >= 15 is 0 Å². The van der Waals surface area contributed by atoms with Gasteiger partial charge in [-0.2, -0.15) is 5.10 Å². The van der Waals surface area contributed by atoms with Crippen LogP contribution in [0.25, 0.3) is 5.52 Å². The molecule has 0 aliphatic carbocycles. The van der Waals surface area contributed by atoms with Crippen LogP contribution in [0.3, 0.4) is 0 Å². The van der Waals surface area contributed by atoms with Crippen LogP contribution in [0.5, 0.6) is 0 Å². The standard InChI is InChI=1S/C12H18N4/c1-4-6-12(2,3)15-11-10-5-7-14-16(10)9-8-13-11/h5,7-9H,4,6H2,1-3H3,(H,13,15). The molecule has 0 atom stereocenters. The molecule has 0 bridgehead atoms. The third-order valence-electron chi connectivity index (χ3n) is 2.66. The summed E-state index contributed by atoms with van der Waals surface area (Å²) >= 11 is 0. The van der Waals surface area contributed by atoms with Crippen molar-refractivity contribution < 1.29 is 0 Å². The quantitative estimate of drug-likeness (QED) is 0.858. The molecular formula is C12H18N4. The van der Waals surface area contributed by atoms with Crippen molar-refractivity contribution in [3.05, 3.63) is 24.7 Å². The first-order chi connectivity index (χ1) is 7.62. The number of nitrogens with one attached hydrogen (secondary N) is 1. The number of nitrogens with zero attached hydrogens (tertiary/aromatic N) is 3. The van der Waals surface area contributed by atoms with Crippen LogP contribution < -0.4 is 5.32 Å². The Morgan fingerprint density at radius 1 is 1.38 bits per heavy atom. The Bertz CT molecular complexity index is 473. The van der Waals surface area contributed by atoms with E-state index in [1.54, 1.807) is 12.4 Å². The van der Waals surface area contributed by atoms with Gasteiger partial charge in [-0.3, -0.25) is 0 Å². The fourth-order valence-electron chi connectivity index (χ4n) is 1.96. The van der Waals surface area contributed by atoms with Gasteiger partial charge in [-0.1, -0.05) is 13.3 Å². The van der Waals surface area contributed by atoms with Crippen LogP contribution in [0, 0.1) is 0 Å². The number of fused-ring (bicyclic) bond motifs is 1. The summed E-state index contributed by atoms with van der Waals surface area (Å²) in [5, 5.41) is 7.67. The molecule has 0 amide bonds. The summed E-state index contributed by atoms with van der Waals surface area (Å²) in [7, 11) is 0. The normalized spacial score (nSPS) is 11.9. The molecule has 2 rings (SSSR count). The molecule has 2 aromatic rings. The predicted octanol–water partition coefficient (Wildman–Crippen LogP) is 2.72. The minimum absolute atomic E-state index is 0.0634. The summed E-state index contributed by atoms with van der Waals surface area (Å²) in [6.45, 7) is 6.58. The van der Waals surface area contributed by atoms with Gasteiger partial charge in [-0.15, -0.1) is 0 Å². The monoisotopic (exact) mass is 218 g/mol. The summed E-state index contributed by atoms with van der Waals surface area (Å²) < 4.78 is 1.83. The highest BCUT2D eigenvalue weighted by atomic mass is 15.2. The number of hydrogen-bond acceptors (Lipinski definition) is 3. The fourth-order valence-corrected chi connectivity index (χ4v) is 1.96. The molecule has 0 aliphatic rings. The summed E-state index contributed by atoms with van der Waals surface area (Å²) in [5.74, 6) is 0.901. The molecule has 0 radical (unpaired) electrons. The SMILES string of the molecule is CCCC(C)(C)Nc1nccn2nccc12. The smallest absolute Gasteiger partial charge is 0.152 e. The number of hydrogen-bond donors (Lipinski definition) is 1.